The highest BCUT2D eigenvalue weighted by atomic mass is 16.5. The van der Waals surface area contributed by atoms with Crippen LogP contribution in [0.15, 0.2) is 11.0 Å². The zero-order valence-corrected chi connectivity index (χ0v) is 7.00. The topological polar surface area (TPSA) is 81.0 Å². The molecule has 1 aromatic heterocycles. The highest BCUT2D eigenvalue weighted by Gasteiger charge is 2.04. The fraction of sp³-hybridized carbons (Fsp3) is 0.429. The predicted octanol–water partition coefficient (Wildman–Crippen LogP) is -0.202. The summed E-state index contributed by atoms with van der Waals surface area (Å²) in [6, 6.07) is -0.274. The Kier molecular flexibility index (Phi) is 2.44. The molecule has 12 heavy (non-hydrogen) atoms. The monoisotopic (exact) mass is 169 g/mol. The molecule has 0 bridgehead atoms. The zero-order valence-electron chi connectivity index (χ0n) is 7.00. The minimum Gasteiger partial charge on any atom is -0.490 e. The maximum atomic E-state index is 11.1. The van der Waals surface area contributed by atoms with Crippen molar-refractivity contribution < 1.29 is 4.74 Å². The van der Waals surface area contributed by atoms with Gasteiger partial charge < -0.3 is 15.5 Å². The molecule has 0 aliphatic rings. The average Bonchev–Trinajstić information content (AvgIpc) is 2.04. The molecule has 5 heteroatoms. The fourth-order valence-electron chi connectivity index (χ4n) is 0.774. The first-order chi connectivity index (χ1) is 5.65. The van der Waals surface area contributed by atoms with Gasteiger partial charge in [-0.15, -0.1) is 0 Å². The van der Waals surface area contributed by atoms with E-state index in [9.17, 15) is 4.79 Å². The molecule has 0 radical (unpaired) electrons. The van der Waals surface area contributed by atoms with E-state index in [1.165, 1.54) is 13.3 Å². The number of hydrogen-bond donors (Lipinski definition) is 2. The first-order valence-electron chi connectivity index (χ1n) is 3.54. The summed E-state index contributed by atoms with van der Waals surface area (Å²) in [4.78, 5) is 17.5. The van der Waals surface area contributed by atoms with Gasteiger partial charge in [0.05, 0.1) is 19.3 Å². The van der Waals surface area contributed by atoms with Gasteiger partial charge in [-0.1, -0.05) is 0 Å². The molecule has 0 fully saturated rings. The third-order valence-corrected chi connectivity index (χ3v) is 1.44. The number of nitrogens with zero attached hydrogens (tertiary/aromatic N) is 1. The van der Waals surface area contributed by atoms with Crippen molar-refractivity contribution in [3.63, 3.8) is 0 Å². The zero-order chi connectivity index (χ0) is 9.14. The van der Waals surface area contributed by atoms with E-state index in [4.69, 9.17) is 10.5 Å². The quantitative estimate of drug-likeness (QED) is 0.642. The number of H-pyrrole nitrogens is 1. The number of methoxy groups -OCH3 is 1. The van der Waals surface area contributed by atoms with Crippen molar-refractivity contribution in [2.45, 2.75) is 13.0 Å². The van der Waals surface area contributed by atoms with Crippen LogP contribution in [0.1, 0.15) is 18.8 Å². The Morgan fingerprint density at radius 3 is 2.83 bits per heavy atom. The second kappa shape index (κ2) is 3.36. The summed E-state index contributed by atoms with van der Waals surface area (Å²) in [5, 5.41) is 0. The van der Waals surface area contributed by atoms with Gasteiger partial charge in [0.1, 0.15) is 5.82 Å². The number of aromatic nitrogens is 2. The van der Waals surface area contributed by atoms with E-state index < -0.39 is 0 Å². The van der Waals surface area contributed by atoms with Crippen molar-refractivity contribution in [1.82, 2.24) is 9.97 Å². The summed E-state index contributed by atoms with van der Waals surface area (Å²) in [5.74, 6) is 0.653. The van der Waals surface area contributed by atoms with Crippen LogP contribution in [0.5, 0.6) is 5.75 Å². The number of hydrogen-bond acceptors (Lipinski definition) is 4. The fourth-order valence-corrected chi connectivity index (χ4v) is 0.774. The molecule has 0 aliphatic carbocycles. The molecule has 0 amide bonds. The molecule has 1 atom stereocenters. The summed E-state index contributed by atoms with van der Waals surface area (Å²) in [7, 11) is 1.41. The van der Waals surface area contributed by atoms with Crippen LogP contribution < -0.4 is 16.0 Å². The summed E-state index contributed by atoms with van der Waals surface area (Å²) >= 11 is 0. The molecular weight excluding hydrogens is 158 g/mol. The molecule has 3 N–H and O–H groups in total. The number of nitrogens with two attached hydrogens (primary N) is 1. The number of nitrogens with one attached hydrogen (secondary N) is 1. The van der Waals surface area contributed by atoms with Crippen molar-refractivity contribution in [1.29, 1.82) is 0 Å². The highest BCUT2D eigenvalue weighted by Crippen LogP contribution is 2.02. The first-order valence-corrected chi connectivity index (χ1v) is 3.54. The van der Waals surface area contributed by atoms with Crippen LogP contribution in [0.25, 0.3) is 0 Å². The van der Waals surface area contributed by atoms with Crippen molar-refractivity contribution >= 4 is 0 Å². The van der Waals surface area contributed by atoms with Gasteiger partial charge in [-0.2, -0.15) is 0 Å². The first kappa shape index (κ1) is 8.73. The van der Waals surface area contributed by atoms with Gasteiger partial charge in [-0.25, -0.2) is 4.98 Å². The van der Waals surface area contributed by atoms with E-state index in [1.54, 1.807) is 6.92 Å². The minimum atomic E-state index is -0.306. The minimum absolute atomic E-state index is 0.194. The van der Waals surface area contributed by atoms with Crippen molar-refractivity contribution in [2.75, 3.05) is 7.11 Å². The van der Waals surface area contributed by atoms with Crippen molar-refractivity contribution in [3.8, 4) is 5.75 Å². The lowest BCUT2D eigenvalue weighted by Gasteiger charge is -2.04. The van der Waals surface area contributed by atoms with Crippen LogP contribution in [-0.2, 0) is 0 Å². The van der Waals surface area contributed by atoms with Gasteiger partial charge in [0.15, 0.2) is 0 Å². The van der Waals surface area contributed by atoms with Crippen LogP contribution >= 0.6 is 0 Å². The van der Waals surface area contributed by atoms with Crippen LogP contribution in [0.3, 0.4) is 0 Å². The van der Waals surface area contributed by atoms with E-state index in [1.807, 2.05) is 0 Å². The molecule has 5 nitrogen and oxygen atoms in total. The van der Waals surface area contributed by atoms with Gasteiger partial charge >= 0.3 is 0 Å². The van der Waals surface area contributed by atoms with Gasteiger partial charge in [0.25, 0.3) is 5.56 Å². The van der Waals surface area contributed by atoms with Crippen LogP contribution in [0, 0.1) is 0 Å². The van der Waals surface area contributed by atoms with Gasteiger partial charge in [-0.3, -0.25) is 4.79 Å². The molecule has 0 saturated carbocycles. The number of rotatable bonds is 2. The maximum Gasteiger partial charge on any atom is 0.293 e. The maximum absolute atomic E-state index is 11.1. The second-order valence-electron chi connectivity index (χ2n) is 2.45. The molecule has 0 saturated heterocycles. The largest absolute Gasteiger partial charge is 0.490 e. The molecule has 1 unspecified atom stereocenters. The summed E-state index contributed by atoms with van der Waals surface area (Å²) in [6.07, 6.45) is 1.36. The Morgan fingerprint density at radius 1 is 1.75 bits per heavy atom. The average molecular weight is 169 g/mol. The predicted molar refractivity (Wildman–Crippen MR) is 44.0 cm³/mol. The third-order valence-electron chi connectivity index (χ3n) is 1.44. The Balaban J connectivity index is 3.11. The smallest absolute Gasteiger partial charge is 0.293 e. The number of ether oxygens (including phenoxy) is 1. The standard InChI is InChI=1S/C7H11N3O2/c1-4(8)6-9-3-5(12-2)7(11)10-6/h3-4H,8H2,1-2H3,(H,9,10,11). The van der Waals surface area contributed by atoms with E-state index >= 15 is 0 Å². The lowest BCUT2D eigenvalue weighted by atomic mass is 10.3. The molecule has 1 rings (SSSR count). The Hall–Kier alpha value is -1.36. The van der Waals surface area contributed by atoms with Gasteiger partial charge in [0, 0.05) is 0 Å². The lowest BCUT2D eigenvalue weighted by molar-refractivity contribution is 0.404. The number of aromatic amines is 1. The van der Waals surface area contributed by atoms with E-state index in [2.05, 4.69) is 9.97 Å². The van der Waals surface area contributed by atoms with Crippen molar-refractivity contribution in [2.24, 2.45) is 5.73 Å². The van der Waals surface area contributed by atoms with Crippen LogP contribution in [0.2, 0.25) is 0 Å². The molecule has 1 heterocycles. The normalized spacial score (nSPS) is 12.6. The third kappa shape index (κ3) is 1.62. The second-order valence-corrected chi connectivity index (χ2v) is 2.45. The highest BCUT2D eigenvalue weighted by molar-refractivity contribution is 5.13. The molecule has 0 aliphatic heterocycles. The lowest BCUT2D eigenvalue weighted by Crippen LogP contribution is -2.18. The molecular formula is C7H11N3O2. The van der Waals surface area contributed by atoms with Gasteiger partial charge in [-0.05, 0) is 6.92 Å². The Bertz CT molecular complexity index is 319. The molecule has 66 valence electrons. The van der Waals surface area contributed by atoms with Crippen LogP contribution in [-0.4, -0.2) is 17.1 Å². The van der Waals surface area contributed by atoms with E-state index in [0.717, 1.165) is 0 Å². The Labute approximate surface area is 69.6 Å². The van der Waals surface area contributed by atoms with Crippen LogP contribution in [0.4, 0.5) is 0 Å². The SMILES string of the molecule is COc1cnc(C(C)N)[nH]c1=O. The molecule has 0 spiro atoms. The molecule has 0 aromatic carbocycles. The van der Waals surface area contributed by atoms with E-state index in [0.29, 0.717) is 5.82 Å². The van der Waals surface area contributed by atoms with Gasteiger partial charge in [0.2, 0.25) is 5.75 Å². The van der Waals surface area contributed by atoms with Crippen molar-refractivity contribution in [3.05, 3.63) is 22.4 Å². The Morgan fingerprint density at radius 2 is 2.42 bits per heavy atom. The summed E-state index contributed by atoms with van der Waals surface area (Å²) < 4.78 is 4.73. The van der Waals surface area contributed by atoms with E-state index in [-0.39, 0.29) is 17.4 Å². The molecule has 1 aromatic rings. The summed E-state index contributed by atoms with van der Waals surface area (Å²) in [6.45, 7) is 1.74. The summed E-state index contributed by atoms with van der Waals surface area (Å²) in [5.41, 5.74) is 5.19.